The number of hydrogen-bond acceptors (Lipinski definition) is 2. The molecule has 0 aliphatic carbocycles. The molecule has 0 spiro atoms. The van der Waals surface area contributed by atoms with Gasteiger partial charge in [0.1, 0.15) is 0 Å². The monoisotopic (exact) mass is 167 g/mol. The van der Waals surface area contributed by atoms with Gasteiger partial charge in [0.15, 0.2) is 0 Å². The predicted molar refractivity (Wildman–Crippen MR) is 49.8 cm³/mol. The first-order valence-corrected chi connectivity index (χ1v) is 4.60. The first kappa shape index (κ1) is 9.57. The number of nitrogens with one attached hydrogen (secondary N) is 1. The lowest BCUT2D eigenvalue weighted by Crippen LogP contribution is -2.40. The fourth-order valence-corrected chi connectivity index (χ4v) is 1.63. The van der Waals surface area contributed by atoms with Crippen molar-refractivity contribution in [1.29, 1.82) is 0 Å². The molecule has 12 heavy (non-hydrogen) atoms. The molecule has 1 rings (SSSR count). The highest BCUT2D eigenvalue weighted by molar-refractivity contribution is 5.05. The summed E-state index contributed by atoms with van der Waals surface area (Å²) >= 11 is 0. The molecule has 2 nitrogen and oxygen atoms in total. The van der Waals surface area contributed by atoms with Gasteiger partial charge in [0, 0.05) is 6.61 Å². The van der Waals surface area contributed by atoms with Crippen LogP contribution in [0, 0.1) is 18.3 Å². The molecule has 0 amide bonds. The Bertz CT molecular complexity index is 173. The van der Waals surface area contributed by atoms with E-state index in [2.05, 4.69) is 25.1 Å². The molecule has 0 aromatic rings. The maximum atomic E-state index is 5.57. The molecule has 0 radical (unpaired) electrons. The summed E-state index contributed by atoms with van der Waals surface area (Å²) in [7, 11) is 0. The van der Waals surface area contributed by atoms with Crippen LogP contribution in [-0.2, 0) is 4.74 Å². The second kappa shape index (κ2) is 4.49. The third-order valence-electron chi connectivity index (χ3n) is 2.38. The van der Waals surface area contributed by atoms with Gasteiger partial charge in [-0.15, -0.1) is 6.42 Å². The van der Waals surface area contributed by atoms with Crippen molar-refractivity contribution in [2.75, 3.05) is 13.2 Å². The molecule has 1 heterocycles. The summed E-state index contributed by atoms with van der Waals surface area (Å²) in [6.07, 6.45) is 6.76. The zero-order valence-corrected chi connectivity index (χ0v) is 7.84. The highest BCUT2D eigenvalue weighted by Gasteiger charge is 2.30. The Morgan fingerprint density at radius 2 is 2.50 bits per heavy atom. The van der Waals surface area contributed by atoms with Crippen molar-refractivity contribution in [2.24, 2.45) is 5.92 Å². The SMILES string of the molecule is C#CC(NCC)C1OCCC1C. The Morgan fingerprint density at radius 3 is 2.92 bits per heavy atom. The second-order valence-corrected chi connectivity index (χ2v) is 3.30. The van der Waals surface area contributed by atoms with Crippen LogP contribution < -0.4 is 5.32 Å². The van der Waals surface area contributed by atoms with E-state index in [4.69, 9.17) is 11.2 Å². The van der Waals surface area contributed by atoms with Crippen molar-refractivity contribution >= 4 is 0 Å². The summed E-state index contributed by atoms with van der Waals surface area (Å²) in [4.78, 5) is 0. The minimum Gasteiger partial charge on any atom is -0.375 e. The largest absolute Gasteiger partial charge is 0.375 e. The molecule has 1 saturated heterocycles. The number of hydrogen-bond donors (Lipinski definition) is 1. The van der Waals surface area contributed by atoms with E-state index >= 15 is 0 Å². The maximum Gasteiger partial charge on any atom is 0.0955 e. The van der Waals surface area contributed by atoms with Crippen molar-refractivity contribution < 1.29 is 4.74 Å². The van der Waals surface area contributed by atoms with E-state index in [1.807, 2.05) is 0 Å². The quantitative estimate of drug-likeness (QED) is 0.634. The van der Waals surface area contributed by atoms with Crippen molar-refractivity contribution in [1.82, 2.24) is 5.32 Å². The van der Waals surface area contributed by atoms with Crippen LogP contribution in [-0.4, -0.2) is 25.3 Å². The van der Waals surface area contributed by atoms with Gasteiger partial charge in [0.25, 0.3) is 0 Å². The lowest BCUT2D eigenvalue weighted by molar-refractivity contribution is 0.0772. The zero-order chi connectivity index (χ0) is 8.97. The van der Waals surface area contributed by atoms with Crippen LogP contribution in [0.5, 0.6) is 0 Å². The molecule has 3 atom stereocenters. The third-order valence-corrected chi connectivity index (χ3v) is 2.38. The van der Waals surface area contributed by atoms with Crippen LogP contribution >= 0.6 is 0 Å². The van der Waals surface area contributed by atoms with Gasteiger partial charge in [0.2, 0.25) is 0 Å². The minimum absolute atomic E-state index is 0.0903. The lowest BCUT2D eigenvalue weighted by Gasteiger charge is -2.21. The molecule has 3 unspecified atom stereocenters. The summed E-state index contributed by atoms with van der Waals surface area (Å²) in [6.45, 7) is 6.01. The molecular formula is C10H17NO. The molecule has 1 aliphatic rings. The van der Waals surface area contributed by atoms with Crippen LogP contribution in [0.1, 0.15) is 20.3 Å². The number of rotatable bonds is 3. The Kier molecular flexibility index (Phi) is 3.58. The smallest absolute Gasteiger partial charge is 0.0955 e. The normalized spacial score (nSPS) is 31.4. The summed E-state index contributed by atoms with van der Waals surface area (Å²) in [5.41, 5.74) is 0. The average molecular weight is 167 g/mol. The Morgan fingerprint density at radius 1 is 1.75 bits per heavy atom. The molecule has 68 valence electrons. The first-order chi connectivity index (χ1) is 5.79. The van der Waals surface area contributed by atoms with E-state index < -0.39 is 0 Å². The lowest BCUT2D eigenvalue weighted by atomic mass is 9.98. The molecule has 0 aromatic heterocycles. The van der Waals surface area contributed by atoms with Crippen LogP contribution in [0.4, 0.5) is 0 Å². The molecule has 2 heteroatoms. The molecular weight excluding hydrogens is 150 g/mol. The second-order valence-electron chi connectivity index (χ2n) is 3.30. The van der Waals surface area contributed by atoms with Gasteiger partial charge in [-0.05, 0) is 18.9 Å². The summed E-state index contributed by atoms with van der Waals surface area (Å²) in [5, 5.41) is 3.24. The van der Waals surface area contributed by atoms with Crippen LogP contribution in [0.25, 0.3) is 0 Å². The molecule has 0 bridgehead atoms. The Balaban J connectivity index is 2.48. The van der Waals surface area contributed by atoms with Gasteiger partial charge >= 0.3 is 0 Å². The van der Waals surface area contributed by atoms with Gasteiger partial charge in [-0.2, -0.15) is 0 Å². The van der Waals surface area contributed by atoms with Gasteiger partial charge in [-0.25, -0.2) is 0 Å². The van der Waals surface area contributed by atoms with E-state index in [1.165, 1.54) is 0 Å². The standard InChI is InChI=1S/C10H17NO/c1-4-9(11-5-2)10-8(3)6-7-12-10/h1,8-11H,5-7H2,2-3H3. The van der Waals surface area contributed by atoms with Crippen LogP contribution in [0.3, 0.4) is 0 Å². The van der Waals surface area contributed by atoms with Gasteiger partial charge in [-0.3, -0.25) is 0 Å². The van der Waals surface area contributed by atoms with E-state index in [0.29, 0.717) is 5.92 Å². The fraction of sp³-hybridized carbons (Fsp3) is 0.800. The molecule has 0 aromatic carbocycles. The van der Waals surface area contributed by atoms with Crippen LogP contribution in [0.2, 0.25) is 0 Å². The highest BCUT2D eigenvalue weighted by atomic mass is 16.5. The van der Waals surface area contributed by atoms with Crippen molar-refractivity contribution in [3.63, 3.8) is 0 Å². The van der Waals surface area contributed by atoms with Gasteiger partial charge < -0.3 is 10.1 Å². The summed E-state index contributed by atoms with van der Waals surface area (Å²) in [6, 6.07) is 0.0903. The number of ether oxygens (including phenoxy) is 1. The average Bonchev–Trinajstić information content (AvgIpc) is 2.47. The Labute approximate surface area is 74.7 Å². The Hall–Kier alpha value is -0.520. The predicted octanol–water partition coefficient (Wildman–Crippen LogP) is 1.02. The summed E-state index contributed by atoms with van der Waals surface area (Å²) in [5.74, 6) is 3.33. The molecule has 0 saturated carbocycles. The summed E-state index contributed by atoms with van der Waals surface area (Å²) < 4.78 is 5.57. The number of likely N-dealkylation sites (N-methyl/N-ethyl adjacent to an activating group) is 1. The molecule has 1 fully saturated rings. The zero-order valence-electron chi connectivity index (χ0n) is 7.84. The maximum absolute atomic E-state index is 5.57. The number of terminal acetylenes is 1. The fourth-order valence-electron chi connectivity index (χ4n) is 1.63. The van der Waals surface area contributed by atoms with E-state index in [1.54, 1.807) is 0 Å². The molecule has 1 aliphatic heterocycles. The van der Waals surface area contributed by atoms with Crippen LogP contribution in [0.15, 0.2) is 0 Å². The third kappa shape index (κ3) is 2.00. The first-order valence-electron chi connectivity index (χ1n) is 4.60. The topological polar surface area (TPSA) is 21.3 Å². The minimum atomic E-state index is 0.0903. The highest BCUT2D eigenvalue weighted by Crippen LogP contribution is 2.22. The molecule has 1 N–H and O–H groups in total. The van der Waals surface area contributed by atoms with E-state index in [9.17, 15) is 0 Å². The van der Waals surface area contributed by atoms with E-state index in [-0.39, 0.29) is 12.1 Å². The van der Waals surface area contributed by atoms with Crippen molar-refractivity contribution in [3.05, 3.63) is 0 Å². The van der Waals surface area contributed by atoms with Crippen molar-refractivity contribution in [2.45, 2.75) is 32.4 Å². The van der Waals surface area contributed by atoms with Gasteiger partial charge in [-0.1, -0.05) is 19.8 Å². The van der Waals surface area contributed by atoms with E-state index in [0.717, 1.165) is 19.6 Å². The van der Waals surface area contributed by atoms with Crippen molar-refractivity contribution in [3.8, 4) is 12.3 Å². The van der Waals surface area contributed by atoms with Gasteiger partial charge in [0.05, 0.1) is 12.1 Å².